The van der Waals surface area contributed by atoms with Gasteiger partial charge in [0.2, 0.25) is 0 Å². The highest BCUT2D eigenvalue weighted by molar-refractivity contribution is 7.10. The van der Waals surface area contributed by atoms with Gasteiger partial charge in [0.25, 0.3) is 0 Å². The fourth-order valence-electron chi connectivity index (χ4n) is 3.11. The van der Waals surface area contributed by atoms with Crippen LogP contribution in [0, 0.1) is 13.8 Å². The van der Waals surface area contributed by atoms with Gasteiger partial charge in [-0.25, -0.2) is 0 Å². The molecule has 0 aliphatic heterocycles. The first-order chi connectivity index (χ1) is 12.3. The summed E-state index contributed by atoms with van der Waals surface area (Å²) in [6.07, 6.45) is 0.925. The molecule has 2 aromatic heterocycles. The zero-order valence-corrected chi connectivity index (χ0v) is 17.8. The molecule has 0 saturated carbocycles. The molecular weight excluding hydrogens is 344 g/mol. The van der Waals surface area contributed by atoms with E-state index in [9.17, 15) is 0 Å². The number of nitrogens with zero attached hydrogens (tertiary/aromatic N) is 4. The van der Waals surface area contributed by atoms with Crippen molar-refractivity contribution in [2.45, 2.75) is 39.3 Å². The number of aromatic nitrogens is 2. The van der Waals surface area contributed by atoms with E-state index >= 15 is 0 Å². The SMILES string of the molecule is CN=C(NCC(c1cccs1)N(C)C)NC(C)Cc1c(C)nn(C)c1C. The zero-order valence-electron chi connectivity index (χ0n) is 17.0. The summed E-state index contributed by atoms with van der Waals surface area (Å²) in [6.45, 7) is 7.19. The van der Waals surface area contributed by atoms with Crippen molar-refractivity contribution in [3.63, 3.8) is 0 Å². The van der Waals surface area contributed by atoms with E-state index in [0.717, 1.165) is 24.6 Å². The summed E-state index contributed by atoms with van der Waals surface area (Å²) in [4.78, 5) is 7.98. The molecular formula is C19H32N6S. The monoisotopic (exact) mass is 376 g/mol. The molecule has 0 aliphatic rings. The van der Waals surface area contributed by atoms with E-state index in [4.69, 9.17) is 0 Å². The number of likely N-dealkylation sites (N-methyl/N-ethyl adjacent to an activating group) is 1. The van der Waals surface area contributed by atoms with Gasteiger partial charge in [0.1, 0.15) is 0 Å². The van der Waals surface area contributed by atoms with Crippen LogP contribution >= 0.6 is 11.3 Å². The molecule has 0 spiro atoms. The maximum Gasteiger partial charge on any atom is 0.191 e. The van der Waals surface area contributed by atoms with E-state index in [0.29, 0.717) is 6.04 Å². The number of rotatable bonds is 7. The van der Waals surface area contributed by atoms with Crippen molar-refractivity contribution in [1.29, 1.82) is 0 Å². The van der Waals surface area contributed by atoms with Crippen LogP contribution in [0.25, 0.3) is 0 Å². The Morgan fingerprint density at radius 2 is 2.12 bits per heavy atom. The average Bonchev–Trinajstić information content (AvgIpc) is 3.18. The Morgan fingerprint density at radius 1 is 1.38 bits per heavy atom. The highest BCUT2D eigenvalue weighted by Gasteiger charge is 2.17. The molecule has 0 amide bonds. The van der Waals surface area contributed by atoms with Crippen LogP contribution in [0.2, 0.25) is 0 Å². The van der Waals surface area contributed by atoms with Crippen molar-refractivity contribution in [2.75, 3.05) is 27.7 Å². The van der Waals surface area contributed by atoms with Crippen LogP contribution in [0.5, 0.6) is 0 Å². The van der Waals surface area contributed by atoms with Crippen molar-refractivity contribution in [3.05, 3.63) is 39.3 Å². The molecule has 0 saturated heterocycles. The van der Waals surface area contributed by atoms with Crippen LogP contribution in [0.15, 0.2) is 22.5 Å². The summed E-state index contributed by atoms with van der Waals surface area (Å²) in [7, 11) is 8.03. The van der Waals surface area contributed by atoms with Crippen LogP contribution in [0.4, 0.5) is 0 Å². The Labute approximate surface area is 161 Å². The molecule has 0 bridgehead atoms. The first kappa shape index (κ1) is 20.5. The van der Waals surface area contributed by atoms with Crippen LogP contribution in [0.3, 0.4) is 0 Å². The normalized spacial score (nSPS) is 14.5. The maximum atomic E-state index is 4.51. The van der Waals surface area contributed by atoms with Gasteiger partial charge in [-0.3, -0.25) is 9.67 Å². The molecule has 0 aliphatic carbocycles. The third-order valence-corrected chi connectivity index (χ3v) is 5.71. The topological polar surface area (TPSA) is 57.5 Å². The van der Waals surface area contributed by atoms with Gasteiger partial charge >= 0.3 is 0 Å². The second kappa shape index (κ2) is 9.19. The molecule has 2 aromatic rings. The number of nitrogens with one attached hydrogen (secondary N) is 2. The van der Waals surface area contributed by atoms with Crippen molar-refractivity contribution in [1.82, 2.24) is 25.3 Å². The molecule has 26 heavy (non-hydrogen) atoms. The quantitative estimate of drug-likeness (QED) is 0.576. The Hall–Kier alpha value is -1.86. The van der Waals surface area contributed by atoms with Crippen molar-refractivity contribution >= 4 is 17.3 Å². The minimum atomic E-state index is 0.266. The van der Waals surface area contributed by atoms with Crippen LogP contribution in [-0.2, 0) is 13.5 Å². The summed E-state index contributed by atoms with van der Waals surface area (Å²) in [5.74, 6) is 0.833. The third-order valence-electron chi connectivity index (χ3n) is 4.73. The average molecular weight is 377 g/mol. The zero-order chi connectivity index (χ0) is 19.3. The fourth-order valence-corrected chi connectivity index (χ4v) is 4.03. The lowest BCUT2D eigenvalue weighted by atomic mass is 10.1. The van der Waals surface area contributed by atoms with E-state index in [-0.39, 0.29) is 6.04 Å². The van der Waals surface area contributed by atoms with E-state index in [2.05, 4.69) is 78.0 Å². The molecule has 0 aromatic carbocycles. The van der Waals surface area contributed by atoms with Gasteiger partial charge in [0.05, 0.1) is 11.7 Å². The molecule has 2 heterocycles. The molecule has 144 valence electrons. The second-order valence-electron chi connectivity index (χ2n) is 6.97. The summed E-state index contributed by atoms with van der Waals surface area (Å²) < 4.78 is 1.95. The van der Waals surface area contributed by atoms with Crippen molar-refractivity contribution < 1.29 is 0 Å². The molecule has 2 rings (SSSR count). The van der Waals surface area contributed by atoms with Gasteiger partial charge in [0, 0.05) is 37.3 Å². The largest absolute Gasteiger partial charge is 0.354 e. The Balaban J connectivity index is 1.94. The van der Waals surface area contributed by atoms with Crippen LogP contribution in [0.1, 0.15) is 34.8 Å². The minimum absolute atomic E-state index is 0.266. The number of aliphatic imine (C=N–C) groups is 1. The van der Waals surface area contributed by atoms with Crippen molar-refractivity contribution in [2.24, 2.45) is 12.0 Å². The van der Waals surface area contributed by atoms with Crippen LogP contribution in [-0.4, -0.2) is 54.4 Å². The maximum absolute atomic E-state index is 4.51. The fraction of sp³-hybridized carbons (Fsp3) is 0.579. The lowest BCUT2D eigenvalue weighted by Gasteiger charge is -2.25. The number of guanidine groups is 1. The summed E-state index contributed by atoms with van der Waals surface area (Å²) in [5.41, 5.74) is 3.64. The van der Waals surface area contributed by atoms with Gasteiger partial charge < -0.3 is 15.5 Å². The predicted molar refractivity (Wildman–Crippen MR) is 111 cm³/mol. The lowest BCUT2D eigenvalue weighted by Crippen LogP contribution is -2.45. The second-order valence-corrected chi connectivity index (χ2v) is 7.95. The smallest absolute Gasteiger partial charge is 0.191 e. The van der Waals surface area contributed by atoms with Gasteiger partial charge in [-0.05, 0) is 58.3 Å². The van der Waals surface area contributed by atoms with E-state index in [1.807, 2.05) is 18.8 Å². The number of aryl methyl sites for hydroxylation is 2. The molecule has 2 unspecified atom stereocenters. The highest BCUT2D eigenvalue weighted by Crippen LogP contribution is 2.22. The summed E-state index contributed by atoms with van der Waals surface area (Å²) in [5, 5.41) is 13.6. The van der Waals surface area contributed by atoms with E-state index < -0.39 is 0 Å². The summed E-state index contributed by atoms with van der Waals surface area (Å²) in [6, 6.07) is 4.88. The lowest BCUT2D eigenvalue weighted by molar-refractivity contribution is 0.302. The molecule has 2 atom stereocenters. The standard InChI is InChI=1S/C19H32N6S/c1-13(11-16-14(2)23-25(7)15(16)3)22-19(20-4)21-12-17(24(5)6)18-9-8-10-26-18/h8-10,13,17H,11-12H2,1-7H3,(H2,20,21,22). The highest BCUT2D eigenvalue weighted by atomic mass is 32.1. The minimum Gasteiger partial charge on any atom is -0.354 e. The Bertz CT molecular complexity index is 717. The first-order valence-electron chi connectivity index (χ1n) is 8.99. The molecule has 0 radical (unpaired) electrons. The van der Waals surface area contributed by atoms with Crippen molar-refractivity contribution in [3.8, 4) is 0 Å². The van der Waals surface area contributed by atoms with Gasteiger partial charge in [-0.1, -0.05) is 6.07 Å². The molecule has 6 nitrogen and oxygen atoms in total. The summed E-state index contributed by atoms with van der Waals surface area (Å²) >= 11 is 1.79. The molecule has 7 heteroatoms. The molecule has 2 N–H and O–H groups in total. The Morgan fingerprint density at radius 3 is 2.62 bits per heavy atom. The first-order valence-corrected chi connectivity index (χ1v) is 9.87. The number of hydrogen-bond donors (Lipinski definition) is 2. The third kappa shape index (κ3) is 5.08. The Kier molecular flexibility index (Phi) is 7.23. The number of hydrogen-bond acceptors (Lipinski definition) is 4. The molecule has 0 fully saturated rings. The van der Waals surface area contributed by atoms with Gasteiger partial charge in [-0.2, -0.15) is 5.10 Å². The van der Waals surface area contributed by atoms with Gasteiger partial charge in [-0.15, -0.1) is 11.3 Å². The predicted octanol–water partition coefficient (Wildman–Crippen LogP) is 2.50. The number of thiophene rings is 1. The van der Waals surface area contributed by atoms with E-state index in [1.54, 1.807) is 11.3 Å². The van der Waals surface area contributed by atoms with Crippen LogP contribution < -0.4 is 10.6 Å². The van der Waals surface area contributed by atoms with E-state index in [1.165, 1.54) is 16.1 Å². The van der Waals surface area contributed by atoms with Gasteiger partial charge in [0.15, 0.2) is 5.96 Å².